The number of amides is 1. The Bertz CT molecular complexity index is 1580. The van der Waals surface area contributed by atoms with Gasteiger partial charge in [0.1, 0.15) is 17.6 Å². The Morgan fingerprint density at radius 3 is 2.68 bits per heavy atom. The summed E-state index contributed by atoms with van der Waals surface area (Å²) in [5.74, 6) is 0.105. The first-order valence-electron chi connectivity index (χ1n) is 13.6. The number of fused-ring (bicyclic) bond motifs is 1. The zero-order valence-electron chi connectivity index (χ0n) is 22.8. The number of halogens is 3. The summed E-state index contributed by atoms with van der Waals surface area (Å²) < 4.78 is 42.8. The predicted molar refractivity (Wildman–Crippen MR) is 150 cm³/mol. The van der Waals surface area contributed by atoms with E-state index in [4.69, 9.17) is 0 Å². The second-order valence-corrected chi connectivity index (χ2v) is 10.5. The number of carbonyl (C=O) groups is 1. The standard InChI is InChI=1S/C30H32F3N7O/c1-3-29(41)37-28-7-5-23(8-11-30(31,32)33)40(28)24-9-12-38(13-10-24)19-22-4-6-27-26(20(22)2)14-25(15-34)39(27)18-21-16-35-36-17-21/h3-7,14,16-17,24H,1,8-13,18-19H2,2H3,(H,35,36)(H,37,41). The van der Waals surface area contributed by atoms with Gasteiger partial charge in [0, 0.05) is 60.5 Å². The first-order valence-corrected chi connectivity index (χ1v) is 13.6. The molecule has 0 atom stereocenters. The Kier molecular flexibility index (Phi) is 8.03. The number of hydrogen-bond donors (Lipinski definition) is 2. The number of alkyl halides is 3. The van der Waals surface area contributed by atoms with Gasteiger partial charge in [-0.2, -0.15) is 23.5 Å². The van der Waals surface area contributed by atoms with Crippen LogP contribution < -0.4 is 5.32 Å². The molecule has 214 valence electrons. The molecule has 1 aromatic carbocycles. The van der Waals surface area contributed by atoms with E-state index >= 15 is 0 Å². The molecule has 0 spiro atoms. The zero-order chi connectivity index (χ0) is 29.1. The second kappa shape index (κ2) is 11.7. The minimum atomic E-state index is -4.25. The number of nitriles is 1. The van der Waals surface area contributed by atoms with E-state index in [0.717, 1.165) is 60.6 Å². The molecule has 1 fully saturated rings. The molecule has 1 amide bonds. The van der Waals surface area contributed by atoms with Crippen LogP contribution in [0.1, 0.15) is 53.4 Å². The van der Waals surface area contributed by atoms with Crippen LogP contribution in [0.4, 0.5) is 19.0 Å². The molecule has 0 unspecified atom stereocenters. The van der Waals surface area contributed by atoms with Gasteiger partial charge in [-0.15, -0.1) is 0 Å². The molecule has 3 aromatic heterocycles. The minimum absolute atomic E-state index is 0.0247. The lowest BCUT2D eigenvalue weighted by atomic mass is 10.0. The van der Waals surface area contributed by atoms with Gasteiger partial charge in [0.05, 0.1) is 12.7 Å². The average Bonchev–Trinajstić information content (AvgIpc) is 3.69. The molecule has 4 heterocycles. The van der Waals surface area contributed by atoms with Crippen molar-refractivity contribution in [2.75, 3.05) is 18.4 Å². The fourth-order valence-corrected chi connectivity index (χ4v) is 5.75. The van der Waals surface area contributed by atoms with E-state index < -0.39 is 18.5 Å². The number of aromatic amines is 1. The van der Waals surface area contributed by atoms with Crippen molar-refractivity contribution in [2.45, 2.75) is 57.9 Å². The van der Waals surface area contributed by atoms with Crippen LogP contribution in [0.5, 0.6) is 0 Å². The van der Waals surface area contributed by atoms with Crippen LogP contribution in [-0.2, 0) is 24.3 Å². The maximum absolute atomic E-state index is 13.0. The third kappa shape index (κ3) is 6.23. The highest BCUT2D eigenvalue weighted by Gasteiger charge is 2.29. The fraction of sp³-hybridized carbons (Fsp3) is 0.367. The van der Waals surface area contributed by atoms with Gasteiger partial charge in [0.15, 0.2) is 0 Å². The molecule has 1 aliphatic rings. The molecular formula is C30H32F3N7O. The molecule has 2 N–H and O–H groups in total. The first-order chi connectivity index (χ1) is 19.7. The van der Waals surface area contributed by atoms with Crippen LogP contribution in [0.3, 0.4) is 0 Å². The van der Waals surface area contributed by atoms with Crippen molar-refractivity contribution >= 4 is 22.6 Å². The summed E-state index contributed by atoms with van der Waals surface area (Å²) in [6, 6.07) is 11.7. The highest BCUT2D eigenvalue weighted by Crippen LogP contribution is 2.33. The van der Waals surface area contributed by atoms with Crippen LogP contribution in [0.2, 0.25) is 0 Å². The summed E-state index contributed by atoms with van der Waals surface area (Å²) in [5.41, 5.74) is 5.44. The van der Waals surface area contributed by atoms with Crippen molar-refractivity contribution in [3.63, 3.8) is 0 Å². The summed E-state index contributed by atoms with van der Waals surface area (Å²) in [4.78, 5) is 14.3. The quantitative estimate of drug-likeness (QED) is 0.250. The van der Waals surface area contributed by atoms with Gasteiger partial charge in [-0.1, -0.05) is 12.6 Å². The largest absolute Gasteiger partial charge is 0.389 e. The van der Waals surface area contributed by atoms with Crippen molar-refractivity contribution in [3.8, 4) is 6.07 Å². The third-order valence-electron chi connectivity index (χ3n) is 7.90. The lowest BCUT2D eigenvalue weighted by molar-refractivity contribution is -0.134. The maximum Gasteiger partial charge on any atom is 0.389 e. The number of rotatable bonds is 9. The van der Waals surface area contributed by atoms with Gasteiger partial charge in [0.25, 0.3) is 0 Å². The lowest BCUT2D eigenvalue weighted by Gasteiger charge is -2.35. The second-order valence-electron chi connectivity index (χ2n) is 10.5. The van der Waals surface area contributed by atoms with Crippen molar-refractivity contribution < 1.29 is 18.0 Å². The van der Waals surface area contributed by atoms with E-state index in [1.807, 2.05) is 21.4 Å². The van der Waals surface area contributed by atoms with E-state index in [1.54, 1.807) is 18.3 Å². The Hall–Kier alpha value is -4.30. The third-order valence-corrected chi connectivity index (χ3v) is 7.90. The lowest BCUT2D eigenvalue weighted by Crippen LogP contribution is -2.35. The summed E-state index contributed by atoms with van der Waals surface area (Å²) >= 11 is 0. The summed E-state index contributed by atoms with van der Waals surface area (Å²) in [6.07, 6.45) is 0.900. The molecule has 0 radical (unpaired) electrons. The normalized spacial score (nSPS) is 14.8. The van der Waals surface area contributed by atoms with Crippen LogP contribution in [-0.4, -0.2) is 49.4 Å². The number of aryl methyl sites for hydroxylation is 2. The molecule has 1 aliphatic heterocycles. The van der Waals surface area contributed by atoms with E-state index in [-0.39, 0.29) is 12.5 Å². The van der Waals surface area contributed by atoms with Crippen LogP contribution in [0.25, 0.3) is 10.9 Å². The van der Waals surface area contributed by atoms with Gasteiger partial charge >= 0.3 is 6.18 Å². The van der Waals surface area contributed by atoms with Crippen molar-refractivity contribution in [2.24, 2.45) is 0 Å². The van der Waals surface area contributed by atoms with Crippen molar-refractivity contribution in [1.29, 1.82) is 5.26 Å². The van der Waals surface area contributed by atoms with Crippen LogP contribution >= 0.6 is 0 Å². The number of anilines is 1. The Morgan fingerprint density at radius 2 is 2.02 bits per heavy atom. The van der Waals surface area contributed by atoms with Crippen LogP contribution in [0.15, 0.2) is 55.4 Å². The highest BCUT2D eigenvalue weighted by atomic mass is 19.4. The molecule has 4 aromatic rings. The van der Waals surface area contributed by atoms with Crippen molar-refractivity contribution in [3.05, 3.63) is 83.5 Å². The average molecular weight is 564 g/mol. The monoisotopic (exact) mass is 563 g/mol. The number of likely N-dealkylation sites (tertiary alicyclic amines) is 1. The molecule has 8 nitrogen and oxygen atoms in total. The van der Waals surface area contributed by atoms with Crippen LogP contribution in [0, 0.1) is 18.3 Å². The summed E-state index contributed by atoms with van der Waals surface area (Å²) in [6.45, 7) is 8.37. The Morgan fingerprint density at radius 1 is 1.24 bits per heavy atom. The molecule has 1 saturated heterocycles. The molecular weight excluding hydrogens is 531 g/mol. The molecule has 11 heteroatoms. The Labute approximate surface area is 236 Å². The number of hydrogen-bond acceptors (Lipinski definition) is 4. The van der Waals surface area contributed by atoms with Crippen molar-refractivity contribution in [1.82, 2.24) is 24.2 Å². The fourth-order valence-electron chi connectivity index (χ4n) is 5.75. The molecule has 41 heavy (non-hydrogen) atoms. The molecule has 0 saturated carbocycles. The molecule has 0 bridgehead atoms. The smallest absolute Gasteiger partial charge is 0.328 e. The number of piperidine rings is 1. The van der Waals surface area contributed by atoms with E-state index in [0.29, 0.717) is 23.8 Å². The Balaban J connectivity index is 1.31. The van der Waals surface area contributed by atoms with E-state index in [2.05, 4.69) is 52.1 Å². The first kappa shape index (κ1) is 28.2. The number of aromatic nitrogens is 4. The number of nitrogens with one attached hydrogen (secondary N) is 2. The SMILES string of the molecule is C=CC(=O)Nc1ccc(CCC(F)(F)F)n1C1CCN(Cc2ccc3c(cc(C#N)n3Cc3cn[nH]c3)c2C)CC1. The topological polar surface area (TPSA) is 94.7 Å². The van der Waals surface area contributed by atoms with Gasteiger partial charge in [0.2, 0.25) is 5.91 Å². The summed E-state index contributed by atoms with van der Waals surface area (Å²) in [7, 11) is 0. The van der Waals surface area contributed by atoms with Gasteiger partial charge in [-0.05, 0) is 67.7 Å². The van der Waals surface area contributed by atoms with Gasteiger partial charge in [-0.25, -0.2) is 0 Å². The predicted octanol–water partition coefficient (Wildman–Crippen LogP) is 5.85. The maximum atomic E-state index is 13.0. The number of carbonyl (C=O) groups excluding carboxylic acids is 1. The minimum Gasteiger partial charge on any atom is -0.328 e. The summed E-state index contributed by atoms with van der Waals surface area (Å²) in [5, 5.41) is 20.4. The molecule has 0 aliphatic carbocycles. The number of H-pyrrole nitrogens is 1. The number of nitrogens with zero attached hydrogens (tertiary/aromatic N) is 5. The van der Waals surface area contributed by atoms with E-state index in [9.17, 15) is 23.2 Å². The van der Waals surface area contributed by atoms with Gasteiger partial charge in [-0.3, -0.25) is 14.8 Å². The van der Waals surface area contributed by atoms with Gasteiger partial charge < -0.3 is 14.5 Å². The molecule has 5 rings (SSSR count). The number of benzene rings is 1. The van der Waals surface area contributed by atoms with E-state index in [1.165, 1.54) is 5.56 Å². The zero-order valence-corrected chi connectivity index (χ0v) is 22.8. The highest BCUT2D eigenvalue weighted by molar-refractivity contribution is 5.98.